The van der Waals surface area contributed by atoms with E-state index in [4.69, 9.17) is 15.2 Å². The second kappa shape index (κ2) is 6.91. The van der Waals surface area contributed by atoms with Crippen molar-refractivity contribution in [3.63, 3.8) is 0 Å². The van der Waals surface area contributed by atoms with Crippen molar-refractivity contribution in [2.24, 2.45) is 5.73 Å². The lowest BCUT2D eigenvalue weighted by Gasteiger charge is -2.27. The van der Waals surface area contributed by atoms with Crippen LogP contribution in [0.5, 0.6) is 17.2 Å². The van der Waals surface area contributed by atoms with Crippen molar-refractivity contribution in [2.75, 3.05) is 6.61 Å². The van der Waals surface area contributed by atoms with Gasteiger partial charge in [-0.2, -0.15) is 5.26 Å². The van der Waals surface area contributed by atoms with Crippen LogP contribution in [-0.4, -0.2) is 11.7 Å². The first-order valence-electron chi connectivity index (χ1n) is 7.48. The summed E-state index contributed by atoms with van der Waals surface area (Å²) in [5, 5.41) is 19.3. The summed E-state index contributed by atoms with van der Waals surface area (Å²) in [5.41, 5.74) is 7.74. The molecule has 6 heteroatoms. The number of phenolic OH excluding ortho intramolecular Hbond substituents is 1. The number of ether oxygens (including phenoxy) is 2. The molecule has 0 saturated carbocycles. The lowest BCUT2D eigenvalue weighted by molar-refractivity contribution is 0.355. The van der Waals surface area contributed by atoms with Crippen LogP contribution in [0.4, 0.5) is 0 Å². The van der Waals surface area contributed by atoms with Crippen molar-refractivity contribution in [2.45, 2.75) is 5.92 Å². The predicted molar refractivity (Wildman–Crippen MR) is 97.2 cm³/mol. The summed E-state index contributed by atoms with van der Waals surface area (Å²) < 4.78 is 12.1. The number of nitrogens with zero attached hydrogens (tertiary/aromatic N) is 1. The molecule has 3 rings (SSSR count). The first kappa shape index (κ1) is 16.9. The third-order valence-corrected chi connectivity index (χ3v) is 4.34. The van der Waals surface area contributed by atoms with E-state index in [2.05, 4.69) is 28.6 Å². The Morgan fingerprint density at radius 1 is 1.32 bits per heavy atom. The summed E-state index contributed by atoms with van der Waals surface area (Å²) in [6.07, 6.45) is 1.65. The topological polar surface area (TPSA) is 88.5 Å². The fraction of sp³-hybridized carbons (Fsp3) is 0.105. The molecule has 126 valence electrons. The molecule has 1 atom stereocenters. The molecule has 2 aromatic rings. The normalized spacial score (nSPS) is 15.8. The van der Waals surface area contributed by atoms with Crippen molar-refractivity contribution in [1.82, 2.24) is 0 Å². The van der Waals surface area contributed by atoms with Crippen molar-refractivity contribution in [3.8, 4) is 23.3 Å². The molecule has 0 amide bonds. The monoisotopic (exact) mass is 398 g/mol. The third-order valence-electron chi connectivity index (χ3n) is 3.84. The Labute approximate surface area is 153 Å². The van der Waals surface area contributed by atoms with Crippen LogP contribution in [0.25, 0.3) is 0 Å². The van der Waals surface area contributed by atoms with Gasteiger partial charge in [-0.3, -0.25) is 0 Å². The predicted octanol–water partition coefficient (Wildman–Crippen LogP) is 3.94. The van der Waals surface area contributed by atoms with Gasteiger partial charge in [0.15, 0.2) is 0 Å². The first-order chi connectivity index (χ1) is 12.0. The zero-order chi connectivity index (χ0) is 18.0. The van der Waals surface area contributed by atoms with Crippen LogP contribution in [-0.2, 0) is 0 Å². The summed E-state index contributed by atoms with van der Waals surface area (Å²) in [6, 6.07) is 12.5. The average Bonchev–Trinajstić information content (AvgIpc) is 2.59. The van der Waals surface area contributed by atoms with E-state index >= 15 is 0 Å². The Bertz CT molecular complexity index is 915. The molecule has 5 nitrogen and oxygen atoms in total. The molecule has 1 aliphatic heterocycles. The van der Waals surface area contributed by atoms with E-state index in [1.807, 2.05) is 18.2 Å². The molecular weight excluding hydrogens is 384 g/mol. The molecule has 0 radical (unpaired) electrons. The van der Waals surface area contributed by atoms with Gasteiger partial charge in [0.1, 0.15) is 35.5 Å². The molecule has 25 heavy (non-hydrogen) atoms. The van der Waals surface area contributed by atoms with Gasteiger partial charge in [0.25, 0.3) is 0 Å². The number of allylic oxidation sites excluding steroid dienone is 1. The number of nitrogens with two attached hydrogens (primary N) is 1. The van der Waals surface area contributed by atoms with Gasteiger partial charge in [-0.25, -0.2) is 0 Å². The maximum Gasteiger partial charge on any atom is 0.205 e. The Hall–Kier alpha value is -2.91. The van der Waals surface area contributed by atoms with Crippen LogP contribution in [0.15, 0.2) is 65.0 Å². The lowest BCUT2D eigenvalue weighted by atomic mass is 9.83. The van der Waals surface area contributed by atoms with Gasteiger partial charge < -0.3 is 20.3 Å². The molecule has 1 aliphatic rings. The van der Waals surface area contributed by atoms with Gasteiger partial charge in [-0.15, -0.1) is 0 Å². The minimum atomic E-state index is -0.466. The Morgan fingerprint density at radius 3 is 2.84 bits per heavy atom. The molecule has 0 unspecified atom stereocenters. The van der Waals surface area contributed by atoms with Gasteiger partial charge in [0.05, 0.1) is 5.92 Å². The van der Waals surface area contributed by atoms with E-state index in [0.717, 1.165) is 15.6 Å². The van der Waals surface area contributed by atoms with Crippen LogP contribution in [0, 0.1) is 11.3 Å². The zero-order valence-electron chi connectivity index (χ0n) is 13.2. The van der Waals surface area contributed by atoms with Crippen LogP contribution in [0.1, 0.15) is 17.0 Å². The van der Waals surface area contributed by atoms with Gasteiger partial charge in [-0.05, 0) is 24.3 Å². The third kappa shape index (κ3) is 3.19. The molecule has 3 N–H and O–H groups in total. The molecule has 0 saturated heterocycles. The van der Waals surface area contributed by atoms with Crippen molar-refractivity contribution < 1.29 is 14.6 Å². The summed E-state index contributed by atoms with van der Waals surface area (Å²) in [4.78, 5) is 0. The zero-order valence-corrected chi connectivity index (χ0v) is 14.8. The highest BCUT2D eigenvalue weighted by Crippen LogP contribution is 2.46. The van der Waals surface area contributed by atoms with Crippen molar-refractivity contribution >= 4 is 15.9 Å². The highest BCUT2D eigenvalue weighted by Gasteiger charge is 2.32. The Morgan fingerprint density at radius 2 is 2.12 bits per heavy atom. The summed E-state index contributed by atoms with van der Waals surface area (Å²) in [7, 11) is 0. The molecule has 0 aliphatic carbocycles. The number of fused-ring (bicyclic) bond motifs is 1. The highest BCUT2D eigenvalue weighted by atomic mass is 79.9. The van der Waals surface area contributed by atoms with E-state index in [9.17, 15) is 10.4 Å². The lowest BCUT2D eigenvalue weighted by Crippen LogP contribution is -2.21. The van der Waals surface area contributed by atoms with E-state index in [0.29, 0.717) is 23.7 Å². The molecular formula is C19H15BrN2O3. The minimum Gasteiger partial charge on any atom is -0.508 e. The average molecular weight is 399 g/mol. The van der Waals surface area contributed by atoms with Gasteiger partial charge in [0.2, 0.25) is 5.88 Å². The summed E-state index contributed by atoms with van der Waals surface area (Å²) in [6.45, 7) is 4.00. The summed E-state index contributed by atoms with van der Waals surface area (Å²) >= 11 is 3.46. The molecule has 0 aromatic heterocycles. The number of halogens is 1. The standard InChI is InChI=1S/C19H15BrN2O3/c1-2-7-24-16-6-3-11(20)8-14(16)18-13-5-4-12(23)9-17(13)25-19(22)15(18)10-21/h2-6,8-9,18,23H,1,7,22H2/t18-/m1/s1. The second-order valence-corrected chi connectivity index (χ2v) is 6.34. The quantitative estimate of drug-likeness (QED) is 0.761. The number of hydrogen-bond acceptors (Lipinski definition) is 5. The van der Waals surface area contributed by atoms with E-state index in [-0.39, 0.29) is 11.6 Å². The van der Waals surface area contributed by atoms with Gasteiger partial charge >= 0.3 is 0 Å². The van der Waals surface area contributed by atoms with Crippen LogP contribution in [0.2, 0.25) is 0 Å². The van der Waals surface area contributed by atoms with Gasteiger partial charge in [-0.1, -0.05) is 34.7 Å². The smallest absolute Gasteiger partial charge is 0.205 e. The number of phenols is 1. The number of rotatable bonds is 4. The van der Waals surface area contributed by atoms with Crippen LogP contribution < -0.4 is 15.2 Å². The highest BCUT2D eigenvalue weighted by molar-refractivity contribution is 9.10. The first-order valence-corrected chi connectivity index (χ1v) is 8.28. The molecule has 1 heterocycles. The van der Waals surface area contributed by atoms with Gasteiger partial charge in [0, 0.05) is 21.7 Å². The molecule has 2 aromatic carbocycles. The van der Waals surface area contributed by atoms with E-state index in [1.54, 1.807) is 18.2 Å². The number of aromatic hydroxyl groups is 1. The molecule has 0 fully saturated rings. The number of nitriles is 1. The van der Waals surface area contributed by atoms with Crippen LogP contribution in [0.3, 0.4) is 0 Å². The fourth-order valence-electron chi connectivity index (χ4n) is 2.79. The van der Waals surface area contributed by atoms with Crippen molar-refractivity contribution in [1.29, 1.82) is 5.26 Å². The van der Waals surface area contributed by atoms with E-state index < -0.39 is 5.92 Å². The fourth-order valence-corrected chi connectivity index (χ4v) is 3.17. The largest absolute Gasteiger partial charge is 0.508 e. The van der Waals surface area contributed by atoms with Crippen LogP contribution >= 0.6 is 15.9 Å². The number of hydrogen-bond donors (Lipinski definition) is 2. The number of benzene rings is 2. The maximum atomic E-state index is 9.72. The van der Waals surface area contributed by atoms with Crippen molar-refractivity contribution in [3.05, 3.63) is 76.1 Å². The Balaban J connectivity index is 2.23. The maximum absolute atomic E-state index is 9.72. The molecule has 0 spiro atoms. The van der Waals surface area contributed by atoms with E-state index in [1.165, 1.54) is 6.07 Å². The minimum absolute atomic E-state index is 0.0141. The SMILES string of the molecule is C=CCOc1ccc(Br)cc1[C@@H]1C(C#N)=C(N)Oc2cc(O)ccc21. The summed E-state index contributed by atoms with van der Waals surface area (Å²) in [5.74, 6) is 0.640. The molecule has 0 bridgehead atoms. The second-order valence-electron chi connectivity index (χ2n) is 5.43. The Kier molecular flexibility index (Phi) is 4.68.